The van der Waals surface area contributed by atoms with Crippen molar-refractivity contribution in [3.8, 4) is 0 Å². The Bertz CT molecular complexity index is 583. The minimum Gasteiger partial charge on any atom is -0.390 e. The number of aliphatic hydroxyl groups is 2. The third kappa shape index (κ3) is 1.78. The molecule has 1 fully saturated rings. The maximum atomic E-state index is 10.8. The van der Waals surface area contributed by atoms with Gasteiger partial charge in [-0.25, -0.2) is 9.55 Å². The maximum Gasteiger partial charge on any atom is 0.342 e. The van der Waals surface area contributed by atoms with Crippen LogP contribution in [0.5, 0.6) is 0 Å². The lowest BCUT2D eigenvalue weighted by Crippen LogP contribution is -2.47. The Morgan fingerprint density at radius 2 is 2.25 bits per heavy atom. The fourth-order valence-corrected chi connectivity index (χ4v) is 2.77. The van der Waals surface area contributed by atoms with Crippen LogP contribution in [0.25, 0.3) is 0 Å². The second-order valence-electron chi connectivity index (χ2n) is 5.04. The van der Waals surface area contributed by atoms with Gasteiger partial charge in [-0.2, -0.15) is 0 Å². The van der Waals surface area contributed by atoms with Gasteiger partial charge in [-0.1, -0.05) is 5.16 Å². The number of oxime groups is 1. The van der Waals surface area contributed by atoms with Crippen molar-refractivity contribution < 1.29 is 20.0 Å². The molecule has 0 aromatic carbocycles. The van der Waals surface area contributed by atoms with E-state index in [1.807, 2.05) is 0 Å². The number of nitro groups is 1. The van der Waals surface area contributed by atoms with Gasteiger partial charge in [0.05, 0.1) is 19.1 Å². The number of aliphatic hydroxyl groups excluding tert-OH is 2. The summed E-state index contributed by atoms with van der Waals surface area (Å²) in [5.74, 6) is 0.00411. The summed E-state index contributed by atoms with van der Waals surface area (Å²) in [6.07, 6.45) is -0.282. The van der Waals surface area contributed by atoms with E-state index in [1.165, 1.54) is 17.8 Å². The van der Waals surface area contributed by atoms with E-state index >= 15 is 0 Å². The molecule has 0 amide bonds. The van der Waals surface area contributed by atoms with Crippen molar-refractivity contribution in [2.24, 2.45) is 18.1 Å². The molecular formula is C11H14N4O5. The molecule has 9 nitrogen and oxygen atoms in total. The smallest absolute Gasteiger partial charge is 0.342 e. The van der Waals surface area contributed by atoms with E-state index in [9.17, 15) is 20.3 Å². The number of hydrogen-bond donors (Lipinski definition) is 2. The summed E-state index contributed by atoms with van der Waals surface area (Å²) < 4.78 is 1.34. The highest BCUT2D eigenvalue weighted by atomic mass is 16.7. The fraction of sp³-hybridized carbons (Fsp3) is 0.636. The highest BCUT2D eigenvalue weighted by Gasteiger charge is 2.48. The Morgan fingerprint density at radius 3 is 2.90 bits per heavy atom. The first-order chi connectivity index (χ1) is 9.50. The van der Waals surface area contributed by atoms with E-state index in [1.54, 1.807) is 0 Å². The molecule has 0 spiro atoms. The molecule has 0 radical (unpaired) electrons. The van der Waals surface area contributed by atoms with Crippen LogP contribution in [0.3, 0.4) is 0 Å². The van der Waals surface area contributed by atoms with E-state index in [0.717, 1.165) is 0 Å². The number of imidazole rings is 1. The normalized spacial score (nSPS) is 32.5. The highest BCUT2D eigenvalue weighted by molar-refractivity contribution is 6.00. The van der Waals surface area contributed by atoms with Crippen molar-refractivity contribution in [2.45, 2.75) is 31.2 Å². The third-order valence-electron chi connectivity index (χ3n) is 3.90. The van der Waals surface area contributed by atoms with E-state index in [4.69, 9.17) is 4.84 Å². The molecule has 2 N–H and O–H groups in total. The van der Waals surface area contributed by atoms with Crippen molar-refractivity contribution in [3.05, 3.63) is 22.1 Å². The van der Waals surface area contributed by atoms with Gasteiger partial charge in [0, 0.05) is 0 Å². The van der Waals surface area contributed by atoms with Gasteiger partial charge in [0.1, 0.15) is 12.3 Å². The SMILES string of the molecule is Cn1c([N+](=O)[O-])cnc1C1=NO[C@H]2C(O)C(O)CC[C@@H]12. The summed E-state index contributed by atoms with van der Waals surface area (Å²) in [4.78, 5) is 19.5. The van der Waals surface area contributed by atoms with Crippen LogP contribution in [0.2, 0.25) is 0 Å². The predicted octanol–water partition coefficient (Wildman–Crippen LogP) is -0.437. The summed E-state index contributed by atoms with van der Waals surface area (Å²) in [6.45, 7) is 0. The number of fused-ring (bicyclic) bond motifs is 1. The molecule has 1 aliphatic carbocycles. The minimum atomic E-state index is -1.01. The van der Waals surface area contributed by atoms with Gasteiger partial charge in [-0.05, 0) is 17.8 Å². The van der Waals surface area contributed by atoms with Crippen molar-refractivity contribution in [3.63, 3.8) is 0 Å². The molecule has 0 saturated heterocycles. The largest absolute Gasteiger partial charge is 0.390 e. The van der Waals surface area contributed by atoms with Crippen LogP contribution in [-0.2, 0) is 11.9 Å². The molecule has 20 heavy (non-hydrogen) atoms. The molecule has 1 saturated carbocycles. The van der Waals surface area contributed by atoms with Crippen LogP contribution < -0.4 is 0 Å². The highest BCUT2D eigenvalue weighted by Crippen LogP contribution is 2.35. The van der Waals surface area contributed by atoms with Crippen LogP contribution >= 0.6 is 0 Å². The van der Waals surface area contributed by atoms with Crippen molar-refractivity contribution >= 4 is 11.5 Å². The molecule has 0 bridgehead atoms. The molecule has 3 rings (SSSR count). The number of aromatic nitrogens is 2. The molecule has 1 aromatic rings. The van der Waals surface area contributed by atoms with Gasteiger partial charge >= 0.3 is 5.82 Å². The molecule has 2 heterocycles. The molecule has 2 unspecified atom stereocenters. The Morgan fingerprint density at radius 1 is 1.50 bits per heavy atom. The Balaban J connectivity index is 1.91. The van der Waals surface area contributed by atoms with E-state index < -0.39 is 23.2 Å². The van der Waals surface area contributed by atoms with Gasteiger partial charge in [0.25, 0.3) is 0 Å². The van der Waals surface area contributed by atoms with E-state index in [2.05, 4.69) is 10.1 Å². The van der Waals surface area contributed by atoms with Crippen molar-refractivity contribution in [1.82, 2.24) is 9.55 Å². The van der Waals surface area contributed by atoms with Gasteiger partial charge in [0.2, 0.25) is 5.82 Å². The zero-order chi connectivity index (χ0) is 14.4. The monoisotopic (exact) mass is 282 g/mol. The zero-order valence-corrected chi connectivity index (χ0v) is 10.7. The quantitative estimate of drug-likeness (QED) is 0.560. The van der Waals surface area contributed by atoms with Crippen molar-refractivity contribution in [1.29, 1.82) is 0 Å². The average Bonchev–Trinajstić information content (AvgIpc) is 2.97. The van der Waals surface area contributed by atoms with Crippen LogP contribution in [0.4, 0.5) is 5.82 Å². The molecule has 1 aromatic heterocycles. The summed E-state index contributed by atoms with van der Waals surface area (Å²) >= 11 is 0. The number of rotatable bonds is 2. The maximum absolute atomic E-state index is 10.8. The molecule has 2 aliphatic rings. The summed E-state index contributed by atoms with van der Waals surface area (Å²) in [7, 11) is 1.53. The average molecular weight is 282 g/mol. The first-order valence-electron chi connectivity index (χ1n) is 6.27. The predicted molar refractivity (Wildman–Crippen MR) is 66.0 cm³/mol. The van der Waals surface area contributed by atoms with Gasteiger partial charge < -0.3 is 25.2 Å². The fourth-order valence-electron chi connectivity index (χ4n) is 2.77. The molecule has 1 aliphatic heterocycles. The van der Waals surface area contributed by atoms with Gasteiger partial charge in [0.15, 0.2) is 11.8 Å². The second-order valence-corrected chi connectivity index (χ2v) is 5.04. The first kappa shape index (κ1) is 13.0. The molecule has 108 valence electrons. The lowest BCUT2D eigenvalue weighted by atomic mass is 9.80. The van der Waals surface area contributed by atoms with E-state index in [-0.39, 0.29) is 11.7 Å². The summed E-state index contributed by atoms with van der Waals surface area (Å²) in [5.41, 5.74) is 0.483. The van der Waals surface area contributed by atoms with Gasteiger partial charge in [-0.15, -0.1) is 0 Å². The molecule has 4 atom stereocenters. The molecule has 9 heteroatoms. The van der Waals surface area contributed by atoms with Gasteiger partial charge in [-0.3, -0.25) is 0 Å². The van der Waals surface area contributed by atoms with Crippen LogP contribution in [-0.4, -0.2) is 48.7 Å². The first-order valence-corrected chi connectivity index (χ1v) is 6.27. The number of hydrogen-bond acceptors (Lipinski definition) is 7. The second kappa shape index (κ2) is 4.53. The Kier molecular flexibility index (Phi) is 2.94. The Hall–Kier alpha value is -2.00. The third-order valence-corrected chi connectivity index (χ3v) is 3.90. The van der Waals surface area contributed by atoms with Crippen LogP contribution in [0, 0.1) is 16.0 Å². The standard InChI is InChI=1S/C11H14N4O5/c1-14-7(15(18)19)4-12-11(14)8-5-2-3-6(16)9(17)10(5)20-13-8/h4-6,9-10,16-17H,2-3H2,1H3/t5-,6?,9?,10+/m0/s1. The summed E-state index contributed by atoms with van der Waals surface area (Å²) in [5, 5.41) is 34.3. The minimum absolute atomic E-state index is 0.137. The van der Waals surface area contributed by atoms with Crippen molar-refractivity contribution in [2.75, 3.05) is 0 Å². The zero-order valence-electron chi connectivity index (χ0n) is 10.7. The summed E-state index contributed by atoms with van der Waals surface area (Å²) in [6, 6.07) is 0. The van der Waals surface area contributed by atoms with Crippen LogP contribution in [0.1, 0.15) is 18.7 Å². The Labute approximate surface area is 113 Å². The van der Waals surface area contributed by atoms with Crippen LogP contribution in [0.15, 0.2) is 11.4 Å². The topological polar surface area (TPSA) is 123 Å². The molecular weight excluding hydrogens is 268 g/mol. The lowest BCUT2D eigenvalue weighted by Gasteiger charge is -2.31. The van der Waals surface area contributed by atoms with E-state index in [0.29, 0.717) is 24.4 Å². The lowest BCUT2D eigenvalue weighted by molar-refractivity contribution is -0.391. The number of nitrogens with zero attached hydrogens (tertiary/aromatic N) is 4.